The molecular weight excluding hydrogens is 248 g/mol. The third-order valence-electron chi connectivity index (χ3n) is 4.81. The minimum Gasteiger partial charge on any atom is -0.339 e. The van der Waals surface area contributed by atoms with Gasteiger partial charge in [-0.2, -0.15) is 0 Å². The smallest absolute Gasteiger partial charge is 0.222 e. The molecule has 0 aromatic rings. The lowest BCUT2D eigenvalue weighted by atomic mass is 9.94. The van der Waals surface area contributed by atoms with Crippen molar-refractivity contribution < 1.29 is 4.79 Å². The topological polar surface area (TPSA) is 32.3 Å². The van der Waals surface area contributed by atoms with Gasteiger partial charge in [0, 0.05) is 19.0 Å². The van der Waals surface area contributed by atoms with E-state index in [1.807, 2.05) is 0 Å². The number of carbonyl (C=O) groups is 1. The number of hydrogen-bond acceptors (Lipinski definition) is 2. The summed E-state index contributed by atoms with van der Waals surface area (Å²) in [5.74, 6) is 1.71. The number of rotatable bonds is 6. The third-order valence-corrected chi connectivity index (χ3v) is 4.81. The number of carbonyl (C=O) groups excluding carboxylic acids is 1. The summed E-state index contributed by atoms with van der Waals surface area (Å²) >= 11 is 0. The molecule has 2 rings (SSSR count). The molecule has 0 aromatic carbocycles. The van der Waals surface area contributed by atoms with Gasteiger partial charge in [0.1, 0.15) is 0 Å². The molecule has 2 fully saturated rings. The van der Waals surface area contributed by atoms with Gasteiger partial charge >= 0.3 is 0 Å². The first-order valence-corrected chi connectivity index (χ1v) is 8.67. The van der Waals surface area contributed by atoms with Crippen LogP contribution in [0.2, 0.25) is 0 Å². The van der Waals surface area contributed by atoms with Gasteiger partial charge in [0.05, 0.1) is 0 Å². The van der Waals surface area contributed by atoms with Gasteiger partial charge in [-0.25, -0.2) is 0 Å². The molecule has 0 aromatic heterocycles. The van der Waals surface area contributed by atoms with E-state index in [2.05, 4.69) is 24.1 Å². The van der Waals surface area contributed by atoms with Crippen molar-refractivity contribution in [1.82, 2.24) is 10.2 Å². The molecule has 1 heterocycles. The normalized spacial score (nSPS) is 24.2. The monoisotopic (exact) mass is 280 g/mol. The Morgan fingerprint density at radius 2 is 1.95 bits per heavy atom. The average Bonchev–Trinajstić information content (AvgIpc) is 2.97. The highest BCUT2D eigenvalue weighted by Crippen LogP contribution is 2.26. The summed E-state index contributed by atoms with van der Waals surface area (Å²) in [4.78, 5) is 14.8. The van der Waals surface area contributed by atoms with E-state index in [9.17, 15) is 4.79 Å². The van der Waals surface area contributed by atoms with Crippen LogP contribution in [0.5, 0.6) is 0 Å². The second-order valence-corrected chi connectivity index (χ2v) is 7.13. The molecule has 20 heavy (non-hydrogen) atoms. The second-order valence-electron chi connectivity index (χ2n) is 7.13. The summed E-state index contributed by atoms with van der Waals surface area (Å²) in [5, 5.41) is 3.45. The molecular formula is C17H32N2O. The Morgan fingerprint density at radius 3 is 2.55 bits per heavy atom. The molecule has 116 valence electrons. The van der Waals surface area contributed by atoms with Crippen molar-refractivity contribution >= 4 is 5.91 Å². The lowest BCUT2D eigenvalue weighted by Gasteiger charge is -2.31. The van der Waals surface area contributed by atoms with Crippen LogP contribution in [0.1, 0.15) is 65.2 Å². The SMILES string of the molecule is CC(C)CN(C(=O)CCC1CCCNC1)C1CCCC1. The largest absolute Gasteiger partial charge is 0.339 e. The minimum absolute atomic E-state index is 0.413. The average molecular weight is 280 g/mol. The summed E-state index contributed by atoms with van der Waals surface area (Å²) in [6.07, 6.45) is 9.47. The van der Waals surface area contributed by atoms with Gasteiger partial charge < -0.3 is 10.2 Å². The summed E-state index contributed by atoms with van der Waals surface area (Å²) in [6.45, 7) is 7.67. The van der Waals surface area contributed by atoms with Gasteiger partial charge in [-0.05, 0) is 57.0 Å². The quantitative estimate of drug-likeness (QED) is 0.810. The van der Waals surface area contributed by atoms with Crippen LogP contribution >= 0.6 is 0 Å². The van der Waals surface area contributed by atoms with Crippen LogP contribution in [-0.4, -0.2) is 36.5 Å². The first-order valence-electron chi connectivity index (χ1n) is 8.67. The lowest BCUT2D eigenvalue weighted by Crippen LogP contribution is -2.41. The highest BCUT2D eigenvalue weighted by Gasteiger charge is 2.27. The molecule has 0 radical (unpaired) electrons. The van der Waals surface area contributed by atoms with E-state index < -0.39 is 0 Å². The van der Waals surface area contributed by atoms with Crippen LogP contribution < -0.4 is 5.32 Å². The van der Waals surface area contributed by atoms with Crippen LogP contribution in [0.3, 0.4) is 0 Å². The van der Waals surface area contributed by atoms with Crippen molar-refractivity contribution in [3.63, 3.8) is 0 Å². The predicted octanol–water partition coefficient (Wildman–Crippen LogP) is 3.19. The van der Waals surface area contributed by atoms with Crippen LogP contribution in [0.15, 0.2) is 0 Å². The molecule has 2 aliphatic rings. The van der Waals surface area contributed by atoms with Crippen molar-refractivity contribution in [2.45, 2.75) is 71.3 Å². The Balaban J connectivity index is 1.81. The highest BCUT2D eigenvalue weighted by atomic mass is 16.2. The van der Waals surface area contributed by atoms with Crippen LogP contribution in [0.4, 0.5) is 0 Å². The maximum absolute atomic E-state index is 12.6. The van der Waals surface area contributed by atoms with Crippen molar-refractivity contribution in [2.24, 2.45) is 11.8 Å². The third kappa shape index (κ3) is 4.76. The van der Waals surface area contributed by atoms with E-state index in [4.69, 9.17) is 0 Å². The zero-order chi connectivity index (χ0) is 14.4. The van der Waals surface area contributed by atoms with E-state index >= 15 is 0 Å². The van der Waals surface area contributed by atoms with Gasteiger partial charge in [0.15, 0.2) is 0 Å². The summed E-state index contributed by atoms with van der Waals surface area (Å²) < 4.78 is 0. The Kier molecular flexibility index (Phi) is 6.34. The van der Waals surface area contributed by atoms with Crippen LogP contribution in [0, 0.1) is 11.8 Å². The van der Waals surface area contributed by atoms with E-state index in [1.54, 1.807) is 0 Å². The standard InChI is InChI=1S/C17H32N2O/c1-14(2)13-19(16-7-3-4-8-16)17(20)10-9-15-6-5-11-18-12-15/h14-16,18H,3-13H2,1-2H3. The predicted molar refractivity (Wildman–Crippen MR) is 83.6 cm³/mol. The highest BCUT2D eigenvalue weighted by molar-refractivity contribution is 5.76. The second kappa shape index (κ2) is 8.02. The molecule has 1 N–H and O–H groups in total. The lowest BCUT2D eigenvalue weighted by molar-refractivity contribution is -0.134. The summed E-state index contributed by atoms with van der Waals surface area (Å²) in [7, 11) is 0. The fourth-order valence-corrected chi connectivity index (χ4v) is 3.71. The molecule has 0 spiro atoms. The fraction of sp³-hybridized carbons (Fsp3) is 0.941. The van der Waals surface area contributed by atoms with Gasteiger partial charge in [0.25, 0.3) is 0 Å². The fourth-order valence-electron chi connectivity index (χ4n) is 3.71. The first kappa shape index (κ1) is 15.8. The Morgan fingerprint density at radius 1 is 1.20 bits per heavy atom. The number of amides is 1. The minimum atomic E-state index is 0.413. The van der Waals surface area contributed by atoms with Gasteiger partial charge in [-0.3, -0.25) is 4.79 Å². The Bertz CT molecular complexity index is 291. The molecule has 0 bridgehead atoms. The molecule has 3 nitrogen and oxygen atoms in total. The molecule has 1 aliphatic heterocycles. The summed E-state index contributed by atoms with van der Waals surface area (Å²) in [6, 6.07) is 0.536. The van der Waals surface area contributed by atoms with Gasteiger partial charge in [-0.1, -0.05) is 26.7 Å². The van der Waals surface area contributed by atoms with Crippen molar-refractivity contribution in [2.75, 3.05) is 19.6 Å². The number of hydrogen-bond donors (Lipinski definition) is 1. The zero-order valence-corrected chi connectivity index (χ0v) is 13.4. The van der Waals surface area contributed by atoms with Crippen LogP contribution in [-0.2, 0) is 4.79 Å². The van der Waals surface area contributed by atoms with Gasteiger partial charge in [0.2, 0.25) is 5.91 Å². The molecule has 1 saturated heterocycles. The van der Waals surface area contributed by atoms with Gasteiger partial charge in [-0.15, -0.1) is 0 Å². The van der Waals surface area contributed by atoms with E-state index in [1.165, 1.54) is 38.5 Å². The molecule has 1 amide bonds. The molecule has 1 saturated carbocycles. The maximum Gasteiger partial charge on any atom is 0.222 e. The van der Waals surface area contributed by atoms with Crippen molar-refractivity contribution in [3.05, 3.63) is 0 Å². The first-order chi connectivity index (χ1) is 9.66. The van der Waals surface area contributed by atoms with E-state index in [-0.39, 0.29) is 0 Å². The number of piperidine rings is 1. The zero-order valence-electron chi connectivity index (χ0n) is 13.4. The van der Waals surface area contributed by atoms with Crippen molar-refractivity contribution in [3.8, 4) is 0 Å². The Hall–Kier alpha value is -0.570. The summed E-state index contributed by atoms with van der Waals surface area (Å²) in [5.41, 5.74) is 0. The van der Waals surface area contributed by atoms with E-state index in [0.717, 1.165) is 38.4 Å². The van der Waals surface area contributed by atoms with Crippen molar-refractivity contribution in [1.29, 1.82) is 0 Å². The Labute approximate surface area is 124 Å². The number of nitrogens with zero attached hydrogens (tertiary/aromatic N) is 1. The molecule has 1 atom stereocenters. The molecule has 1 unspecified atom stereocenters. The number of nitrogens with one attached hydrogen (secondary N) is 1. The molecule has 1 aliphatic carbocycles. The van der Waals surface area contributed by atoms with E-state index in [0.29, 0.717) is 17.9 Å². The maximum atomic E-state index is 12.6. The molecule has 3 heteroatoms. The van der Waals surface area contributed by atoms with Crippen LogP contribution in [0.25, 0.3) is 0 Å².